The van der Waals surface area contributed by atoms with E-state index in [2.05, 4.69) is 5.32 Å². The van der Waals surface area contributed by atoms with E-state index >= 15 is 0 Å². The number of ether oxygens (including phenoxy) is 4. The molecule has 0 aliphatic heterocycles. The molecular formula is C28H29F2NO5. The number of benzene rings is 3. The second kappa shape index (κ2) is 12.1. The highest BCUT2D eigenvalue weighted by molar-refractivity contribution is 5.98. The predicted molar refractivity (Wildman–Crippen MR) is 136 cm³/mol. The molecule has 0 amide bonds. The van der Waals surface area contributed by atoms with Crippen molar-refractivity contribution in [2.24, 2.45) is 5.92 Å². The van der Waals surface area contributed by atoms with Gasteiger partial charge in [-0.2, -0.15) is 0 Å². The maximum Gasteiger partial charge on any atom is 0.203 e. The summed E-state index contributed by atoms with van der Waals surface area (Å²) in [5, 5.41) is 3.20. The van der Waals surface area contributed by atoms with Crippen LogP contribution in [0.5, 0.6) is 23.0 Å². The van der Waals surface area contributed by atoms with Crippen molar-refractivity contribution in [3.63, 3.8) is 0 Å². The van der Waals surface area contributed by atoms with E-state index in [1.807, 2.05) is 0 Å². The highest BCUT2D eigenvalue weighted by Gasteiger charge is 2.17. The monoisotopic (exact) mass is 497 g/mol. The molecule has 0 bridgehead atoms. The Morgan fingerprint density at radius 2 is 1.56 bits per heavy atom. The normalized spacial score (nSPS) is 11.8. The Labute approximate surface area is 209 Å². The van der Waals surface area contributed by atoms with Crippen LogP contribution >= 0.6 is 0 Å². The fourth-order valence-corrected chi connectivity index (χ4v) is 3.68. The molecule has 0 aliphatic carbocycles. The SMILES string of the molecule is COc1cc(NCC(C)C(=O)c2cccc(F)c2)c(/C=C\c2cc(OC)c(OC)c(OC)c2)cc1F. The van der Waals surface area contributed by atoms with E-state index in [9.17, 15) is 13.6 Å². The van der Waals surface area contributed by atoms with Gasteiger partial charge in [-0.1, -0.05) is 31.2 Å². The summed E-state index contributed by atoms with van der Waals surface area (Å²) in [5.41, 5.74) is 2.13. The molecule has 36 heavy (non-hydrogen) atoms. The van der Waals surface area contributed by atoms with Gasteiger partial charge < -0.3 is 24.3 Å². The summed E-state index contributed by atoms with van der Waals surface area (Å²) in [6.45, 7) is 1.99. The Hall–Kier alpha value is -4.07. The molecule has 0 radical (unpaired) electrons. The molecule has 1 N–H and O–H groups in total. The Kier molecular flexibility index (Phi) is 8.89. The van der Waals surface area contributed by atoms with Crippen LogP contribution < -0.4 is 24.3 Å². The summed E-state index contributed by atoms with van der Waals surface area (Å²) < 4.78 is 49.3. The fourth-order valence-electron chi connectivity index (χ4n) is 3.68. The third kappa shape index (κ3) is 6.13. The van der Waals surface area contributed by atoms with Gasteiger partial charge in [0.2, 0.25) is 5.75 Å². The highest BCUT2D eigenvalue weighted by Crippen LogP contribution is 2.39. The summed E-state index contributed by atoms with van der Waals surface area (Å²) >= 11 is 0. The lowest BCUT2D eigenvalue weighted by molar-refractivity contribution is 0.0936. The van der Waals surface area contributed by atoms with Crippen LogP contribution in [0.2, 0.25) is 0 Å². The molecular weight excluding hydrogens is 468 g/mol. The third-order valence-electron chi connectivity index (χ3n) is 5.62. The number of methoxy groups -OCH3 is 4. The van der Waals surface area contributed by atoms with Crippen molar-refractivity contribution in [1.29, 1.82) is 0 Å². The first kappa shape index (κ1) is 26.5. The molecule has 0 aliphatic rings. The first-order valence-electron chi connectivity index (χ1n) is 11.2. The van der Waals surface area contributed by atoms with Crippen LogP contribution in [-0.2, 0) is 0 Å². The number of carbonyl (C=O) groups is 1. The lowest BCUT2D eigenvalue weighted by Crippen LogP contribution is -2.21. The maximum atomic E-state index is 14.5. The van der Waals surface area contributed by atoms with Crippen molar-refractivity contribution in [2.75, 3.05) is 40.3 Å². The van der Waals surface area contributed by atoms with E-state index in [4.69, 9.17) is 18.9 Å². The zero-order chi connectivity index (χ0) is 26.2. The van der Waals surface area contributed by atoms with Crippen LogP contribution in [0, 0.1) is 17.6 Å². The van der Waals surface area contributed by atoms with Crippen LogP contribution in [-0.4, -0.2) is 40.8 Å². The summed E-state index contributed by atoms with van der Waals surface area (Å²) in [6.07, 6.45) is 3.50. The zero-order valence-corrected chi connectivity index (χ0v) is 20.9. The molecule has 3 rings (SSSR count). The van der Waals surface area contributed by atoms with Gasteiger partial charge in [-0.15, -0.1) is 0 Å². The Morgan fingerprint density at radius 1 is 0.889 bits per heavy atom. The topological polar surface area (TPSA) is 66.0 Å². The van der Waals surface area contributed by atoms with E-state index in [1.165, 1.54) is 58.8 Å². The standard InChI is InChI=1S/C28H29F2NO5/c1-17(27(32)20-7-6-8-21(29)13-20)16-31-23-15-24(33-2)22(30)14-19(23)10-9-18-11-25(34-3)28(36-5)26(12-18)35-4/h6-15,17,31H,16H2,1-5H3/b10-9-. The van der Waals surface area contributed by atoms with E-state index in [0.717, 1.165) is 5.56 Å². The van der Waals surface area contributed by atoms with Crippen molar-refractivity contribution in [1.82, 2.24) is 0 Å². The van der Waals surface area contributed by atoms with E-state index in [-0.39, 0.29) is 18.1 Å². The van der Waals surface area contributed by atoms with E-state index in [0.29, 0.717) is 34.1 Å². The fraction of sp³-hybridized carbons (Fsp3) is 0.250. The zero-order valence-electron chi connectivity index (χ0n) is 20.9. The average molecular weight is 498 g/mol. The number of nitrogens with one attached hydrogen (secondary N) is 1. The lowest BCUT2D eigenvalue weighted by Gasteiger charge is -2.16. The average Bonchev–Trinajstić information content (AvgIpc) is 2.89. The largest absolute Gasteiger partial charge is 0.494 e. The number of hydrogen-bond donors (Lipinski definition) is 1. The van der Waals surface area contributed by atoms with Crippen molar-refractivity contribution >= 4 is 23.6 Å². The molecule has 0 fully saturated rings. The number of ketones is 1. The number of Topliss-reactive ketones (excluding diaryl/α,β-unsaturated/α-hetero) is 1. The van der Waals surface area contributed by atoms with Gasteiger partial charge in [-0.25, -0.2) is 8.78 Å². The minimum atomic E-state index is -0.531. The molecule has 1 atom stereocenters. The van der Waals surface area contributed by atoms with Gasteiger partial charge in [0.25, 0.3) is 0 Å². The molecule has 190 valence electrons. The molecule has 1 unspecified atom stereocenters. The lowest BCUT2D eigenvalue weighted by atomic mass is 9.99. The van der Waals surface area contributed by atoms with Gasteiger partial charge in [0.1, 0.15) is 5.82 Å². The van der Waals surface area contributed by atoms with E-state index in [1.54, 1.807) is 37.3 Å². The molecule has 6 nitrogen and oxygen atoms in total. The van der Waals surface area contributed by atoms with E-state index < -0.39 is 17.6 Å². The first-order valence-corrected chi connectivity index (χ1v) is 11.2. The summed E-state index contributed by atoms with van der Waals surface area (Å²) in [6, 6.07) is 12.0. The minimum absolute atomic E-state index is 0.0616. The van der Waals surface area contributed by atoms with Gasteiger partial charge in [0, 0.05) is 35.3 Å². The van der Waals surface area contributed by atoms with Gasteiger partial charge in [0.15, 0.2) is 28.8 Å². The smallest absolute Gasteiger partial charge is 0.203 e. The Bertz CT molecular complexity index is 1230. The molecule has 3 aromatic carbocycles. The number of rotatable bonds is 11. The highest BCUT2D eigenvalue weighted by atomic mass is 19.1. The van der Waals surface area contributed by atoms with Crippen LogP contribution in [0.25, 0.3) is 12.2 Å². The molecule has 0 saturated heterocycles. The maximum absolute atomic E-state index is 14.5. The van der Waals surface area contributed by atoms with Crippen LogP contribution in [0.1, 0.15) is 28.4 Å². The summed E-state index contributed by atoms with van der Waals surface area (Å²) in [5.74, 6) is -0.167. The number of halogens is 2. The molecule has 0 heterocycles. The first-order chi connectivity index (χ1) is 17.3. The van der Waals surface area contributed by atoms with Gasteiger partial charge in [-0.05, 0) is 35.9 Å². The molecule has 8 heteroatoms. The van der Waals surface area contributed by atoms with Gasteiger partial charge in [0.05, 0.1) is 28.4 Å². The van der Waals surface area contributed by atoms with Crippen LogP contribution in [0.3, 0.4) is 0 Å². The van der Waals surface area contributed by atoms with Crippen molar-refractivity contribution in [3.8, 4) is 23.0 Å². The Balaban J connectivity index is 1.88. The van der Waals surface area contributed by atoms with Gasteiger partial charge in [-0.3, -0.25) is 4.79 Å². The molecule has 0 spiro atoms. The second-order valence-electron chi connectivity index (χ2n) is 8.02. The third-order valence-corrected chi connectivity index (χ3v) is 5.62. The second-order valence-corrected chi connectivity index (χ2v) is 8.02. The molecule has 0 saturated carbocycles. The van der Waals surface area contributed by atoms with Crippen LogP contribution in [0.15, 0.2) is 48.5 Å². The van der Waals surface area contributed by atoms with Gasteiger partial charge >= 0.3 is 0 Å². The van der Waals surface area contributed by atoms with Crippen molar-refractivity contribution in [2.45, 2.75) is 6.92 Å². The predicted octanol–water partition coefficient (Wildman–Crippen LogP) is 6.10. The van der Waals surface area contributed by atoms with Crippen molar-refractivity contribution < 1.29 is 32.5 Å². The molecule has 3 aromatic rings. The Morgan fingerprint density at radius 3 is 2.14 bits per heavy atom. The summed E-state index contributed by atoms with van der Waals surface area (Å²) in [4.78, 5) is 12.7. The van der Waals surface area contributed by atoms with Crippen molar-refractivity contribution in [3.05, 3.63) is 76.9 Å². The number of anilines is 1. The number of carbonyl (C=O) groups excluding carboxylic acids is 1. The minimum Gasteiger partial charge on any atom is -0.494 e. The summed E-state index contributed by atoms with van der Waals surface area (Å²) in [7, 11) is 5.95. The van der Waals surface area contributed by atoms with Crippen LogP contribution in [0.4, 0.5) is 14.5 Å². The molecule has 0 aromatic heterocycles. The number of hydrogen-bond acceptors (Lipinski definition) is 6. The quantitative estimate of drug-likeness (QED) is 0.255.